The second kappa shape index (κ2) is 5.16. The molecule has 1 N–H and O–H groups in total. The highest BCUT2D eigenvalue weighted by Crippen LogP contribution is 2.13. The van der Waals surface area contributed by atoms with Crippen LogP contribution in [0.25, 0.3) is 0 Å². The zero-order chi connectivity index (χ0) is 11.4. The number of hydrogen-bond donors (Lipinski definition) is 1. The highest BCUT2D eigenvalue weighted by atomic mass is 79.9. The molecule has 3 nitrogen and oxygen atoms in total. The van der Waals surface area contributed by atoms with E-state index in [-0.39, 0.29) is 0 Å². The lowest BCUT2D eigenvalue weighted by Gasteiger charge is -2.17. The number of halogens is 1. The van der Waals surface area contributed by atoms with Crippen molar-refractivity contribution in [2.45, 2.75) is 6.42 Å². The van der Waals surface area contributed by atoms with Crippen LogP contribution < -0.4 is 4.90 Å². The molecule has 84 valence electrons. The molecule has 0 radical (unpaired) electrons. The van der Waals surface area contributed by atoms with Crippen LogP contribution in [-0.2, 0) is 6.42 Å². The van der Waals surface area contributed by atoms with Crippen LogP contribution in [0.2, 0.25) is 0 Å². The summed E-state index contributed by atoms with van der Waals surface area (Å²) >= 11 is 3.38. The first-order valence-corrected chi connectivity index (χ1v) is 5.99. The van der Waals surface area contributed by atoms with E-state index in [9.17, 15) is 0 Å². The summed E-state index contributed by atoms with van der Waals surface area (Å²) in [6.07, 6.45) is 6.83. The van der Waals surface area contributed by atoms with Gasteiger partial charge in [0.2, 0.25) is 0 Å². The van der Waals surface area contributed by atoms with Gasteiger partial charge in [0.25, 0.3) is 0 Å². The molecule has 0 aliphatic rings. The minimum absolute atomic E-state index is 0.965. The number of rotatable bonds is 4. The van der Waals surface area contributed by atoms with E-state index < -0.39 is 0 Å². The summed E-state index contributed by atoms with van der Waals surface area (Å²) < 4.78 is 1.01. The molecule has 16 heavy (non-hydrogen) atoms. The van der Waals surface area contributed by atoms with Crippen LogP contribution >= 0.6 is 15.9 Å². The fourth-order valence-electron chi connectivity index (χ4n) is 1.52. The minimum atomic E-state index is 0.965. The molecular formula is C12H14BrN3. The third kappa shape index (κ3) is 2.85. The average Bonchev–Trinajstić information content (AvgIpc) is 2.80. The first-order valence-electron chi connectivity index (χ1n) is 5.20. The van der Waals surface area contributed by atoms with Gasteiger partial charge in [-0.1, -0.05) is 0 Å². The Morgan fingerprint density at radius 2 is 2.25 bits per heavy atom. The second-order valence-electron chi connectivity index (χ2n) is 3.73. The number of aromatic amines is 1. The topological polar surface area (TPSA) is 31.9 Å². The van der Waals surface area contributed by atoms with Crippen LogP contribution in [0.3, 0.4) is 0 Å². The van der Waals surface area contributed by atoms with Gasteiger partial charge >= 0.3 is 0 Å². The molecule has 0 unspecified atom stereocenters. The van der Waals surface area contributed by atoms with Gasteiger partial charge in [0.15, 0.2) is 0 Å². The van der Waals surface area contributed by atoms with Crippen molar-refractivity contribution in [3.05, 3.63) is 46.8 Å². The van der Waals surface area contributed by atoms with E-state index in [1.807, 2.05) is 30.7 Å². The molecule has 0 aromatic carbocycles. The molecule has 0 spiro atoms. The summed E-state index contributed by atoms with van der Waals surface area (Å²) in [4.78, 5) is 9.56. The first-order chi connectivity index (χ1) is 7.75. The van der Waals surface area contributed by atoms with Crippen molar-refractivity contribution >= 4 is 21.7 Å². The lowest BCUT2D eigenvalue weighted by Crippen LogP contribution is -2.21. The molecule has 0 bridgehead atoms. The fourth-order valence-corrected chi connectivity index (χ4v) is 1.75. The first kappa shape index (κ1) is 11.2. The molecule has 0 atom stereocenters. The third-order valence-electron chi connectivity index (χ3n) is 2.50. The summed E-state index contributed by atoms with van der Waals surface area (Å²) in [5.41, 5.74) is 1.32. The molecule has 0 saturated heterocycles. The van der Waals surface area contributed by atoms with Crippen molar-refractivity contribution in [1.82, 2.24) is 9.97 Å². The van der Waals surface area contributed by atoms with E-state index in [1.165, 1.54) is 5.56 Å². The van der Waals surface area contributed by atoms with Crippen LogP contribution in [0, 0.1) is 0 Å². The van der Waals surface area contributed by atoms with Crippen LogP contribution in [0.15, 0.2) is 41.3 Å². The molecule has 2 heterocycles. The summed E-state index contributed by atoms with van der Waals surface area (Å²) in [6.45, 7) is 0.965. The van der Waals surface area contributed by atoms with Crippen molar-refractivity contribution in [3.63, 3.8) is 0 Å². The Balaban J connectivity index is 1.93. The molecule has 4 heteroatoms. The van der Waals surface area contributed by atoms with Gasteiger partial charge in [-0.15, -0.1) is 0 Å². The Hall–Kier alpha value is -1.29. The van der Waals surface area contributed by atoms with E-state index in [0.29, 0.717) is 0 Å². The van der Waals surface area contributed by atoms with Crippen molar-refractivity contribution in [3.8, 4) is 0 Å². The van der Waals surface area contributed by atoms with Gasteiger partial charge < -0.3 is 9.88 Å². The van der Waals surface area contributed by atoms with E-state index >= 15 is 0 Å². The Kier molecular flexibility index (Phi) is 3.62. The van der Waals surface area contributed by atoms with E-state index in [0.717, 1.165) is 23.3 Å². The molecular weight excluding hydrogens is 266 g/mol. The fraction of sp³-hybridized carbons (Fsp3) is 0.250. The van der Waals surface area contributed by atoms with Crippen molar-refractivity contribution in [2.24, 2.45) is 0 Å². The highest BCUT2D eigenvalue weighted by molar-refractivity contribution is 9.10. The summed E-state index contributed by atoms with van der Waals surface area (Å²) in [6, 6.07) is 6.12. The standard InChI is InChI=1S/C12H14BrN3/c1-16(7-5-10-4-6-14-8-10)12-3-2-11(13)9-15-12/h2-4,6,8-9,14H,5,7H2,1H3. The lowest BCUT2D eigenvalue weighted by molar-refractivity contribution is 0.860. The Bertz CT molecular complexity index is 422. The number of aromatic nitrogens is 2. The summed E-state index contributed by atoms with van der Waals surface area (Å²) in [5, 5.41) is 0. The smallest absolute Gasteiger partial charge is 0.128 e. The molecule has 0 fully saturated rings. The number of likely N-dealkylation sites (N-methyl/N-ethyl adjacent to an activating group) is 1. The second-order valence-corrected chi connectivity index (χ2v) is 4.64. The largest absolute Gasteiger partial charge is 0.367 e. The quantitative estimate of drug-likeness (QED) is 0.933. The predicted octanol–water partition coefficient (Wildman–Crippen LogP) is 2.85. The maximum absolute atomic E-state index is 4.35. The Morgan fingerprint density at radius 3 is 2.88 bits per heavy atom. The van der Waals surface area contributed by atoms with Gasteiger partial charge in [-0.3, -0.25) is 0 Å². The lowest BCUT2D eigenvalue weighted by atomic mass is 10.2. The minimum Gasteiger partial charge on any atom is -0.367 e. The monoisotopic (exact) mass is 279 g/mol. The highest BCUT2D eigenvalue weighted by Gasteiger charge is 2.02. The van der Waals surface area contributed by atoms with Gasteiger partial charge in [-0.25, -0.2) is 4.98 Å². The normalized spacial score (nSPS) is 10.4. The van der Waals surface area contributed by atoms with Crippen LogP contribution in [0.5, 0.6) is 0 Å². The number of H-pyrrole nitrogens is 1. The van der Waals surface area contributed by atoms with Gasteiger partial charge in [0.05, 0.1) is 0 Å². The zero-order valence-corrected chi connectivity index (χ0v) is 10.7. The van der Waals surface area contributed by atoms with Gasteiger partial charge in [-0.05, 0) is 46.1 Å². The van der Waals surface area contributed by atoms with Crippen LogP contribution in [0.1, 0.15) is 5.56 Å². The van der Waals surface area contributed by atoms with Crippen LogP contribution in [0.4, 0.5) is 5.82 Å². The molecule has 0 amide bonds. The summed E-state index contributed by atoms with van der Waals surface area (Å²) in [5.74, 6) is 0.999. The SMILES string of the molecule is CN(CCc1cc[nH]c1)c1ccc(Br)cn1. The number of anilines is 1. The van der Waals surface area contributed by atoms with E-state index in [4.69, 9.17) is 0 Å². The van der Waals surface area contributed by atoms with Crippen molar-refractivity contribution < 1.29 is 0 Å². The summed E-state index contributed by atoms with van der Waals surface area (Å²) in [7, 11) is 2.06. The zero-order valence-electron chi connectivity index (χ0n) is 9.15. The third-order valence-corrected chi connectivity index (χ3v) is 2.97. The van der Waals surface area contributed by atoms with E-state index in [2.05, 4.69) is 43.9 Å². The number of pyridine rings is 1. The van der Waals surface area contributed by atoms with Crippen LogP contribution in [-0.4, -0.2) is 23.6 Å². The molecule has 2 aromatic rings. The predicted molar refractivity (Wildman–Crippen MR) is 69.7 cm³/mol. The van der Waals surface area contributed by atoms with Crippen molar-refractivity contribution in [1.29, 1.82) is 0 Å². The molecule has 2 aromatic heterocycles. The number of nitrogens with one attached hydrogen (secondary N) is 1. The average molecular weight is 280 g/mol. The Labute approximate surface area is 104 Å². The number of hydrogen-bond acceptors (Lipinski definition) is 2. The molecule has 2 rings (SSSR count). The van der Waals surface area contributed by atoms with E-state index in [1.54, 1.807) is 0 Å². The Morgan fingerprint density at radius 1 is 1.38 bits per heavy atom. The maximum Gasteiger partial charge on any atom is 0.128 e. The van der Waals surface area contributed by atoms with Crippen molar-refractivity contribution in [2.75, 3.05) is 18.5 Å². The molecule has 0 aliphatic heterocycles. The molecule has 0 saturated carbocycles. The van der Waals surface area contributed by atoms with Gasteiger partial charge in [-0.2, -0.15) is 0 Å². The maximum atomic E-state index is 4.35. The molecule has 0 aliphatic carbocycles. The number of nitrogens with zero attached hydrogens (tertiary/aromatic N) is 2. The van der Waals surface area contributed by atoms with Gasteiger partial charge in [0, 0.05) is 36.7 Å². The van der Waals surface area contributed by atoms with Gasteiger partial charge in [0.1, 0.15) is 5.82 Å².